The lowest BCUT2D eigenvalue weighted by Gasteiger charge is -2.24. The topological polar surface area (TPSA) is 34.9 Å². The van der Waals surface area contributed by atoms with Crippen LogP contribution in [0, 0.1) is 19.8 Å². The van der Waals surface area contributed by atoms with E-state index >= 15 is 0 Å². The van der Waals surface area contributed by atoms with E-state index in [1.165, 1.54) is 22.2 Å². The van der Waals surface area contributed by atoms with Gasteiger partial charge in [0, 0.05) is 28.9 Å². The Hall–Kier alpha value is -2.13. The molecule has 0 spiro atoms. The molecule has 0 amide bonds. The van der Waals surface area contributed by atoms with Crippen LogP contribution in [-0.4, -0.2) is 15.5 Å². The first-order valence-electron chi connectivity index (χ1n) is 8.20. The van der Waals surface area contributed by atoms with Gasteiger partial charge in [-0.05, 0) is 56.4 Å². The number of fused-ring (bicyclic) bond motifs is 3. The average molecular weight is 341 g/mol. The maximum atomic E-state index is 13.1. The average Bonchev–Trinajstić information content (AvgIpc) is 2.86. The molecule has 1 aromatic carbocycles. The Morgan fingerprint density at radius 1 is 1.17 bits per heavy atom. The summed E-state index contributed by atoms with van der Waals surface area (Å²) in [4.78, 5) is 17.5. The van der Waals surface area contributed by atoms with Gasteiger partial charge in [-0.15, -0.1) is 12.4 Å². The Labute approximate surface area is 148 Å². The summed E-state index contributed by atoms with van der Waals surface area (Å²) in [6.45, 7) is 4.15. The second kappa shape index (κ2) is 6.40. The van der Waals surface area contributed by atoms with Crippen LogP contribution in [0.5, 0.6) is 0 Å². The smallest absolute Gasteiger partial charge is 0.234 e. The van der Waals surface area contributed by atoms with E-state index in [4.69, 9.17) is 0 Å². The lowest BCUT2D eigenvalue weighted by molar-refractivity contribution is 0.0809. The fourth-order valence-corrected chi connectivity index (χ4v) is 3.81. The molecule has 3 aromatic rings. The Morgan fingerprint density at radius 2 is 1.96 bits per heavy atom. The number of benzene rings is 1. The maximum Gasteiger partial charge on any atom is 0.234 e. The summed E-state index contributed by atoms with van der Waals surface area (Å²) < 4.78 is 1.96. The zero-order chi connectivity index (χ0) is 16.0. The third-order valence-corrected chi connectivity index (χ3v) is 5.13. The van der Waals surface area contributed by atoms with Gasteiger partial charge in [-0.3, -0.25) is 14.3 Å². The number of nitrogens with zero attached hydrogens (tertiary/aromatic N) is 2. The van der Waals surface area contributed by atoms with Crippen LogP contribution in [0.4, 0.5) is 0 Å². The van der Waals surface area contributed by atoms with Crippen LogP contribution in [-0.2, 0) is 12.8 Å². The monoisotopic (exact) mass is 340 g/mol. The van der Waals surface area contributed by atoms with Crippen molar-refractivity contribution in [2.45, 2.75) is 33.1 Å². The van der Waals surface area contributed by atoms with Gasteiger partial charge in [0.15, 0.2) is 0 Å². The summed E-state index contributed by atoms with van der Waals surface area (Å²) in [6, 6.07) is 12.3. The van der Waals surface area contributed by atoms with Crippen LogP contribution in [0.1, 0.15) is 33.7 Å². The van der Waals surface area contributed by atoms with Crippen molar-refractivity contribution >= 4 is 29.2 Å². The van der Waals surface area contributed by atoms with Crippen LogP contribution >= 0.6 is 12.4 Å². The molecule has 0 bridgehead atoms. The Balaban J connectivity index is 0.00000169. The van der Waals surface area contributed by atoms with Gasteiger partial charge in [-0.1, -0.05) is 24.3 Å². The van der Waals surface area contributed by atoms with E-state index in [9.17, 15) is 4.79 Å². The van der Waals surface area contributed by atoms with Crippen LogP contribution < -0.4 is 0 Å². The molecule has 4 heteroatoms. The van der Waals surface area contributed by atoms with E-state index in [1.807, 2.05) is 35.9 Å². The second-order valence-electron chi connectivity index (χ2n) is 6.45. The molecule has 3 heterocycles. The number of carbonyl (C=O) groups excluding carboxylic acids is 1. The Morgan fingerprint density at radius 3 is 2.75 bits per heavy atom. The highest BCUT2D eigenvalue weighted by molar-refractivity contribution is 5.97. The molecule has 1 aliphatic rings. The molecule has 1 atom stereocenters. The number of para-hydroxylation sites is 1. The van der Waals surface area contributed by atoms with E-state index in [2.05, 4.69) is 30.1 Å². The van der Waals surface area contributed by atoms with Gasteiger partial charge >= 0.3 is 0 Å². The van der Waals surface area contributed by atoms with Gasteiger partial charge in [-0.25, -0.2) is 0 Å². The minimum absolute atomic E-state index is 0. The number of hydrogen-bond acceptors (Lipinski definition) is 2. The highest BCUT2D eigenvalue weighted by Crippen LogP contribution is 2.33. The third kappa shape index (κ3) is 2.53. The largest absolute Gasteiger partial charge is 0.284 e. The van der Waals surface area contributed by atoms with Crippen LogP contribution in [0.2, 0.25) is 0 Å². The molecular formula is C20H21ClN2O. The number of aryl methyl sites for hydroxylation is 2. The van der Waals surface area contributed by atoms with Gasteiger partial charge in [0.05, 0.1) is 5.52 Å². The van der Waals surface area contributed by atoms with Crippen molar-refractivity contribution in [3.63, 3.8) is 0 Å². The normalized spacial score (nSPS) is 16.8. The molecule has 24 heavy (non-hydrogen) atoms. The van der Waals surface area contributed by atoms with E-state index in [0.29, 0.717) is 0 Å². The molecule has 0 aliphatic carbocycles. The minimum atomic E-state index is 0. The molecule has 1 aliphatic heterocycles. The minimum Gasteiger partial charge on any atom is -0.284 e. The number of halogens is 1. The molecule has 4 rings (SSSR count). The van der Waals surface area contributed by atoms with E-state index < -0.39 is 0 Å². The fraction of sp³-hybridized carbons (Fsp3) is 0.300. The van der Waals surface area contributed by atoms with Crippen LogP contribution in [0.25, 0.3) is 10.9 Å². The molecule has 1 unspecified atom stereocenters. The highest BCUT2D eigenvalue weighted by Gasteiger charge is 2.30. The van der Waals surface area contributed by atoms with Gasteiger partial charge < -0.3 is 0 Å². The third-order valence-electron chi connectivity index (χ3n) is 5.13. The summed E-state index contributed by atoms with van der Waals surface area (Å²) in [5, 5.41) is 1.20. The predicted octanol–water partition coefficient (Wildman–Crippen LogP) is 4.52. The maximum absolute atomic E-state index is 13.1. The molecule has 0 saturated heterocycles. The molecule has 2 aromatic heterocycles. The SMILES string of the molecule is Cc1ncccc1CC1CCc2c(C)c3ccccc3n2C1=O.Cl. The van der Waals surface area contributed by atoms with Gasteiger partial charge in [-0.2, -0.15) is 0 Å². The molecule has 124 valence electrons. The van der Waals surface area contributed by atoms with Gasteiger partial charge in [0.1, 0.15) is 0 Å². The lowest BCUT2D eigenvalue weighted by atomic mass is 9.89. The first-order valence-corrected chi connectivity index (χ1v) is 8.20. The van der Waals surface area contributed by atoms with Crippen LogP contribution in [0.15, 0.2) is 42.6 Å². The first-order chi connectivity index (χ1) is 11.2. The van der Waals surface area contributed by atoms with Crippen molar-refractivity contribution in [2.24, 2.45) is 5.92 Å². The van der Waals surface area contributed by atoms with E-state index in [-0.39, 0.29) is 24.2 Å². The van der Waals surface area contributed by atoms with Crippen molar-refractivity contribution < 1.29 is 4.79 Å². The van der Waals surface area contributed by atoms with Gasteiger partial charge in [0.2, 0.25) is 5.91 Å². The molecule has 3 nitrogen and oxygen atoms in total. The number of rotatable bonds is 2. The molecular weight excluding hydrogens is 320 g/mol. The summed E-state index contributed by atoms with van der Waals surface area (Å²) in [5.41, 5.74) is 5.71. The zero-order valence-electron chi connectivity index (χ0n) is 14.0. The van der Waals surface area contributed by atoms with Crippen molar-refractivity contribution in [3.05, 3.63) is 65.1 Å². The summed E-state index contributed by atoms with van der Waals surface area (Å²) in [6.07, 6.45) is 4.48. The van der Waals surface area contributed by atoms with Crippen molar-refractivity contribution in [3.8, 4) is 0 Å². The molecule has 0 radical (unpaired) electrons. The summed E-state index contributed by atoms with van der Waals surface area (Å²) in [7, 11) is 0. The fourth-order valence-electron chi connectivity index (χ4n) is 3.81. The van der Waals surface area contributed by atoms with Gasteiger partial charge in [0.25, 0.3) is 0 Å². The zero-order valence-corrected chi connectivity index (χ0v) is 14.8. The Kier molecular flexibility index (Phi) is 4.46. The van der Waals surface area contributed by atoms with Crippen molar-refractivity contribution in [1.82, 2.24) is 9.55 Å². The number of carbonyl (C=O) groups is 1. The van der Waals surface area contributed by atoms with Crippen molar-refractivity contribution in [1.29, 1.82) is 0 Å². The number of aromatic nitrogens is 2. The van der Waals surface area contributed by atoms with E-state index in [1.54, 1.807) is 0 Å². The molecule has 0 N–H and O–H groups in total. The van der Waals surface area contributed by atoms with Crippen molar-refractivity contribution in [2.75, 3.05) is 0 Å². The second-order valence-corrected chi connectivity index (χ2v) is 6.45. The highest BCUT2D eigenvalue weighted by atomic mass is 35.5. The number of hydrogen-bond donors (Lipinski definition) is 0. The lowest BCUT2D eigenvalue weighted by Crippen LogP contribution is -2.30. The standard InChI is InChI=1S/C20H20N2O.ClH/c1-13-17-7-3-4-8-19(17)22-18(13)10-9-16(20(22)23)12-15-6-5-11-21-14(15)2;/h3-8,11,16H,9-10,12H2,1-2H3;1H. The quantitative estimate of drug-likeness (QED) is 0.687. The first kappa shape index (κ1) is 16.7. The summed E-state index contributed by atoms with van der Waals surface area (Å²) in [5.74, 6) is 0.277. The Bertz CT molecular complexity index is 913. The van der Waals surface area contributed by atoms with E-state index in [0.717, 1.165) is 30.5 Å². The molecule has 0 saturated carbocycles. The van der Waals surface area contributed by atoms with Crippen LogP contribution in [0.3, 0.4) is 0 Å². The summed E-state index contributed by atoms with van der Waals surface area (Å²) >= 11 is 0. The molecule has 0 fully saturated rings. The number of pyridine rings is 1. The predicted molar refractivity (Wildman–Crippen MR) is 99.0 cm³/mol.